The van der Waals surface area contributed by atoms with Crippen molar-refractivity contribution in [1.29, 1.82) is 0 Å². The van der Waals surface area contributed by atoms with Gasteiger partial charge in [0.25, 0.3) is 0 Å². The van der Waals surface area contributed by atoms with Crippen LogP contribution in [0.5, 0.6) is 0 Å². The van der Waals surface area contributed by atoms with E-state index >= 15 is 0 Å². The van der Waals surface area contributed by atoms with Crippen molar-refractivity contribution in [3.8, 4) is 0 Å². The van der Waals surface area contributed by atoms with E-state index in [9.17, 15) is 0 Å². The molecule has 80 valence electrons. The molecule has 0 aliphatic rings. The fourth-order valence-electron chi connectivity index (χ4n) is 1.90. The van der Waals surface area contributed by atoms with Crippen LogP contribution in [-0.2, 0) is 0 Å². The first-order chi connectivity index (χ1) is 5.37. The highest BCUT2D eigenvalue weighted by molar-refractivity contribution is 9.29. The lowest BCUT2D eigenvalue weighted by molar-refractivity contribution is 0.980. The third kappa shape index (κ3) is 5.08. The molecule has 0 atom stereocenters. The number of halogens is 3. The van der Waals surface area contributed by atoms with Crippen LogP contribution in [0, 0.1) is 0 Å². The zero-order chi connectivity index (χ0) is 11.1. The molecule has 0 spiro atoms. The maximum absolute atomic E-state index is 3.89. The van der Waals surface area contributed by atoms with Crippen molar-refractivity contribution in [2.75, 3.05) is 0 Å². The Labute approximate surface area is 109 Å². The molecule has 0 heterocycles. The molecule has 0 aromatic rings. The first kappa shape index (κ1) is 15.1. The molecule has 0 rings (SSSR count). The topological polar surface area (TPSA) is 3.24 Å². The number of hydrogen-bond acceptors (Lipinski definition) is 1. The summed E-state index contributed by atoms with van der Waals surface area (Å²) < 4.78 is 2.73. The van der Waals surface area contributed by atoms with Crippen LogP contribution in [0.4, 0.5) is 0 Å². The molecule has 7 heteroatoms. The van der Waals surface area contributed by atoms with Gasteiger partial charge in [-0.3, -0.25) is 0 Å². The van der Waals surface area contributed by atoms with E-state index in [0.29, 0.717) is 0 Å². The Morgan fingerprint density at radius 3 is 0.769 bits per heavy atom. The number of hydrogen-bond donors (Lipinski definition) is 0. The Kier molecular flexibility index (Phi) is 5.21. The Hall–Kier alpha value is 2.05. The highest BCUT2D eigenvalue weighted by Gasteiger charge is 2.46. The average molecular weight is 428 g/mol. The number of rotatable bonds is 3. The van der Waals surface area contributed by atoms with Gasteiger partial charge in [0.1, 0.15) is 0 Å². The molecule has 1 nitrogen and oxygen atoms in total. The third-order valence-electron chi connectivity index (χ3n) is 1.60. The molecule has 0 N–H and O–H groups in total. The summed E-state index contributed by atoms with van der Waals surface area (Å²) in [6.07, 6.45) is 0. The lowest BCUT2D eigenvalue weighted by Crippen LogP contribution is -2.65. The summed E-state index contributed by atoms with van der Waals surface area (Å²) in [6, 6.07) is 0. The van der Waals surface area contributed by atoms with Crippen LogP contribution < -0.4 is 0 Å². The molecule has 0 amide bonds. The summed E-state index contributed by atoms with van der Waals surface area (Å²) in [5, 5.41) is 0. The third-order valence-corrected chi connectivity index (χ3v) is 23.9. The highest BCUT2D eigenvalue weighted by atomic mass is 79.9. The molecular formula is C6H18Br3NSi3. The van der Waals surface area contributed by atoms with Gasteiger partial charge in [0.05, 0.1) is 0 Å². The minimum Gasteiger partial charge on any atom is -0.343 e. The van der Waals surface area contributed by atoms with Gasteiger partial charge >= 0.3 is 0 Å². The SMILES string of the molecule is C[Si](C)(Br)N([Si](C)(C)Br)[Si](C)(C)Br. The molecular weight excluding hydrogens is 410 g/mol. The second-order valence-corrected chi connectivity index (χ2v) is 33.2. The normalized spacial score (nSPS) is 15.2. The molecule has 0 bridgehead atoms. The van der Waals surface area contributed by atoms with Gasteiger partial charge in [-0.2, -0.15) is 0 Å². The lowest BCUT2D eigenvalue weighted by Gasteiger charge is -2.47. The van der Waals surface area contributed by atoms with Crippen LogP contribution in [-0.4, -0.2) is 24.5 Å². The first-order valence-electron chi connectivity index (χ1n) is 4.24. The number of nitrogens with zero attached hydrogens (tertiary/aromatic N) is 1. The maximum atomic E-state index is 3.89. The molecule has 13 heavy (non-hydrogen) atoms. The Morgan fingerprint density at radius 1 is 0.615 bits per heavy atom. The van der Waals surface area contributed by atoms with E-state index in [4.69, 9.17) is 0 Å². The van der Waals surface area contributed by atoms with E-state index in [1.807, 2.05) is 0 Å². The van der Waals surface area contributed by atoms with Gasteiger partial charge in [-0.25, -0.2) is 0 Å². The van der Waals surface area contributed by atoms with Gasteiger partial charge in [-0.15, -0.1) is 45.9 Å². The summed E-state index contributed by atoms with van der Waals surface area (Å²) in [7, 11) is 0. The molecule has 0 unspecified atom stereocenters. The van der Waals surface area contributed by atoms with E-state index in [0.717, 1.165) is 0 Å². The molecule has 0 radical (unpaired) electrons. The van der Waals surface area contributed by atoms with Crippen molar-refractivity contribution in [3.05, 3.63) is 0 Å². The van der Waals surface area contributed by atoms with Crippen LogP contribution in [0.25, 0.3) is 0 Å². The Bertz CT molecular complexity index is 146. The summed E-state index contributed by atoms with van der Waals surface area (Å²) in [6.45, 7) is 9.93. The van der Waals surface area contributed by atoms with Crippen LogP contribution in [0.3, 0.4) is 0 Å². The van der Waals surface area contributed by atoms with Gasteiger partial charge in [-0.05, 0) is 39.3 Å². The predicted octanol–water partition coefficient (Wildman–Crippen LogP) is 4.58. The molecule has 0 aliphatic carbocycles. The standard InChI is InChI=1S/C6H18Br3NSi3/c1-11(2,7)10(12(3,4)8)13(5,6)9/h1-6H3. The first-order valence-corrected chi connectivity index (χ1v) is 19.9. The zero-order valence-electron chi connectivity index (χ0n) is 9.08. The molecule has 0 aliphatic heterocycles. The molecule has 0 aromatic carbocycles. The largest absolute Gasteiger partial charge is 0.343 e. The van der Waals surface area contributed by atoms with Crippen LogP contribution in [0.2, 0.25) is 39.3 Å². The van der Waals surface area contributed by atoms with E-state index in [1.54, 1.807) is 0 Å². The second kappa shape index (κ2) is 4.50. The fourth-order valence-corrected chi connectivity index (χ4v) is 47.4. The monoisotopic (exact) mass is 425 g/mol. The molecule has 0 fully saturated rings. The highest BCUT2D eigenvalue weighted by Crippen LogP contribution is 2.36. The van der Waals surface area contributed by atoms with Crippen LogP contribution in [0.1, 0.15) is 0 Å². The van der Waals surface area contributed by atoms with Gasteiger partial charge in [0.2, 0.25) is 0 Å². The Balaban J connectivity index is 5.02. The van der Waals surface area contributed by atoms with E-state index in [1.165, 1.54) is 0 Å². The van der Waals surface area contributed by atoms with Crippen molar-refractivity contribution >= 4 is 66.4 Å². The lowest BCUT2D eigenvalue weighted by atomic mass is 11.9. The molecule has 0 saturated carbocycles. The van der Waals surface area contributed by atoms with E-state index in [-0.39, 0.29) is 0 Å². The molecule has 0 aromatic heterocycles. The van der Waals surface area contributed by atoms with E-state index < -0.39 is 20.6 Å². The van der Waals surface area contributed by atoms with Gasteiger partial charge in [-0.1, -0.05) is 0 Å². The van der Waals surface area contributed by atoms with E-state index in [2.05, 4.69) is 89.1 Å². The summed E-state index contributed by atoms with van der Waals surface area (Å²) in [5.41, 5.74) is 0. The predicted molar refractivity (Wildman–Crippen MR) is 81.1 cm³/mol. The zero-order valence-corrected chi connectivity index (χ0v) is 16.8. The smallest absolute Gasteiger partial charge is 0.184 e. The minimum absolute atomic E-state index is 1.38. The quantitative estimate of drug-likeness (QED) is 0.470. The van der Waals surface area contributed by atoms with Gasteiger partial charge in [0, 0.05) is 0 Å². The van der Waals surface area contributed by atoms with Gasteiger partial charge < -0.3 is 3.90 Å². The summed E-state index contributed by atoms with van der Waals surface area (Å²) >= 11 is 11.7. The average Bonchev–Trinajstić information content (AvgIpc) is 1.44. The van der Waals surface area contributed by atoms with Crippen molar-refractivity contribution in [2.24, 2.45) is 0 Å². The van der Waals surface area contributed by atoms with Crippen molar-refractivity contribution in [1.82, 2.24) is 3.90 Å². The van der Waals surface area contributed by atoms with Gasteiger partial charge in [0.15, 0.2) is 20.6 Å². The molecule has 0 saturated heterocycles. The van der Waals surface area contributed by atoms with Crippen molar-refractivity contribution in [3.63, 3.8) is 0 Å². The maximum Gasteiger partial charge on any atom is 0.184 e. The van der Waals surface area contributed by atoms with Crippen LogP contribution in [0.15, 0.2) is 0 Å². The minimum atomic E-state index is -1.38. The van der Waals surface area contributed by atoms with Crippen molar-refractivity contribution < 1.29 is 0 Å². The second-order valence-electron chi connectivity index (χ2n) is 4.56. The van der Waals surface area contributed by atoms with Crippen molar-refractivity contribution in [2.45, 2.75) is 39.3 Å². The Morgan fingerprint density at radius 2 is 0.769 bits per heavy atom. The summed E-state index contributed by atoms with van der Waals surface area (Å²) in [4.78, 5) is 0. The summed E-state index contributed by atoms with van der Waals surface area (Å²) in [5.74, 6) is 0. The fraction of sp³-hybridized carbons (Fsp3) is 1.00. The van der Waals surface area contributed by atoms with Crippen LogP contribution >= 0.6 is 45.9 Å².